The molecule has 44 valence electrons. The average molecular weight is 108 g/mol. The molecule has 2 aliphatic rings. The van der Waals surface area contributed by atoms with Crippen LogP contribution in [0.1, 0.15) is 25.7 Å². The van der Waals surface area contributed by atoms with Crippen LogP contribution in [-0.4, -0.2) is 0 Å². The molecule has 0 spiro atoms. The molecule has 0 aliphatic heterocycles. The smallest absolute Gasteiger partial charge is 0.0203 e. The SMILES string of the molecule is C=C1C[C@H]2CC[C@@H]1C2. The number of fused-ring (bicyclic) bond motifs is 2. The zero-order valence-corrected chi connectivity index (χ0v) is 5.19. The summed E-state index contributed by atoms with van der Waals surface area (Å²) in [7, 11) is 0. The van der Waals surface area contributed by atoms with Gasteiger partial charge in [0.15, 0.2) is 0 Å². The van der Waals surface area contributed by atoms with E-state index in [-0.39, 0.29) is 0 Å². The molecule has 0 aromatic rings. The fourth-order valence-corrected chi connectivity index (χ4v) is 2.17. The van der Waals surface area contributed by atoms with Crippen LogP contribution in [0.25, 0.3) is 0 Å². The molecular formula is C8H12. The largest absolute Gasteiger partial charge is 0.0996 e. The first kappa shape index (κ1) is 4.60. The van der Waals surface area contributed by atoms with Crippen molar-refractivity contribution in [3.8, 4) is 0 Å². The maximum Gasteiger partial charge on any atom is -0.0203 e. The monoisotopic (exact) mass is 108 g/mol. The molecule has 0 aromatic heterocycles. The van der Waals surface area contributed by atoms with E-state index in [0.29, 0.717) is 0 Å². The van der Waals surface area contributed by atoms with Gasteiger partial charge in [0, 0.05) is 0 Å². The maximum absolute atomic E-state index is 4.04. The van der Waals surface area contributed by atoms with Gasteiger partial charge in [0.1, 0.15) is 0 Å². The molecule has 2 rings (SSSR count). The lowest BCUT2D eigenvalue weighted by molar-refractivity contribution is 0.562. The number of hydrogen-bond acceptors (Lipinski definition) is 0. The molecule has 0 heteroatoms. The van der Waals surface area contributed by atoms with Crippen molar-refractivity contribution in [1.82, 2.24) is 0 Å². The second kappa shape index (κ2) is 1.37. The molecule has 8 heavy (non-hydrogen) atoms. The number of rotatable bonds is 0. The van der Waals surface area contributed by atoms with Crippen molar-refractivity contribution in [2.75, 3.05) is 0 Å². The van der Waals surface area contributed by atoms with Gasteiger partial charge in [-0.2, -0.15) is 0 Å². The van der Waals surface area contributed by atoms with Crippen molar-refractivity contribution in [3.05, 3.63) is 12.2 Å². The van der Waals surface area contributed by atoms with Crippen LogP contribution in [0.3, 0.4) is 0 Å². The normalized spacial score (nSPS) is 43.8. The van der Waals surface area contributed by atoms with Crippen LogP contribution >= 0.6 is 0 Å². The Labute approximate surface area is 50.6 Å². The zero-order chi connectivity index (χ0) is 5.56. The van der Waals surface area contributed by atoms with Gasteiger partial charge in [0.25, 0.3) is 0 Å². The molecule has 0 radical (unpaired) electrons. The van der Waals surface area contributed by atoms with Crippen LogP contribution in [0.15, 0.2) is 12.2 Å². The van der Waals surface area contributed by atoms with Crippen molar-refractivity contribution >= 4 is 0 Å². The van der Waals surface area contributed by atoms with Crippen LogP contribution in [0.5, 0.6) is 0 Å². The van der Waals surface area contributed by atoms with Gasteiger partial charge in [-0.15, -0.1) is 0 Å². The lowest BCUT2D eigenvalue weighted by atomic mass is 9.96. The third-order valence-corrected chi connectivity index (χ3v) is 2.67. The first-order valence-electron chi connectivity index (χ1n) is 3.54. The quantitative estimate of drug-likeness (QED) is 0.418. The number of allylic oxidation sites excluding steroid dienone is 1. The molecule has 0 aromatic carbocycles. The van der Waals surface area contributed by atoms with Gasteiger partial charge in [0.2, 0.25) is 0 Å². The molecule has 2 aliphatic carbocycles. The molecule has 0 N–H and O–H groups in total. The van der Waals surface area contributed by atoms with Gasteiger partial charge in [-0.25, -0.2) is 0 Å². The molecule has 2 fully saturated rings. The topological polar surface area (TPSA) is 0 Å². The Bertz CT molecular complexity index is 124. The summed E-state index contributed by atoms with van der Waals surface area (Å²) in [4.78, 5) is 0. The first-order valence-corrected chi connectivity index (χ1v) is 3.54. The minimum absolute atomic E-state index is 0.944. The molecule has 2 saturated carbocycles. The summed E-state index contributed by atoms with van der Waals surface area (Å²) >= 11 is 0. The van der Waals surface area contributed by atoms with E-state index in [1.54, 1.807) is 5.57 Å². The third kappa shape index (κ3) is 0.460. The fraction of sp³-hybridized carbons (Fsp3) is 0.750. The summed E-state index contributed by atoms with van der Waals surface area (Å²) in [6.07, 6.45) is 5.76. The molecule has 0 amide bonds. The van der Waals surface area contributed by atoms with Gasteiger partial charge in [-0.1, -0.05) is 12.2 Å². The summed E-state index contributed by atoms with van der Waals surface area (Å²) in [5.74, 6) is 1.99. The predicted octanol–water partition coefficient (Wildman–Crippen LogP) is 2.36. The van der Waals surface area contributed by atoms with Crippen LogP contribution in [0, 0.1) is 11.8 Å². The molecule has 0 nitrogen and oxygen atoms in total. The van der Waals surface area contributed by atoms with Gasteiger partial charge in [0.05, 0.1) is 0 Å². The van der Waals surface area contributed by atoms with Gasteiger partial charge < -0.3 is 0 Å². The van der Waals surface area contributed by atoms with Crippen LogP contribution in [0.4, 0.5) is 0 Å². The van der Waals surface area contributed by atoms with Crippen LogP contribution in [-0.2, 0) is 0 Å². The lowest BCUT2D eigenvalue weighted by Crippen LogP contribution is -1.95. The Kier molecular flexibility index (Phi) is 0.787. The zero-order valence-electron chi connectivity index (χ0n) is 5.19. The van der Waals surface area contributed by atoms with Gasteiger partial charge in [-0.3, -0.25) is 0 Å². The van der Waals surface area contributed by atoms with E-state index < -0.39 is 0 Å². The summed E-state index contributed by atoms with van der Waals surface area (Å²) in [6.45, 7) is 4.04. The molecule has 0 unspecified atom stereocenters. The minimum Gasteiger partial charge on any atom is -0.0996 e. The van der Waals surface area contributed by atoms with E-state index in [4.69, 9.17) is 0 Å². The first-order chi connectivity index (χ1) is 3.86. The van der Waals surface area contributed by atoms with Crippen molar-refractivity contribution in [2.45, 2.75) is 25.7 Å². The second-order valence-electron chi connectivity index (χ2n) is 3.24. The van der Waals surface area contributed by atoms with E-state index in [1.807, 2.05) is 0 Å². The highest BCUT2D eigenvalue weighted by Crippen LogP contribution is 2.46. The molecule has 2 bridgehead atoms. The molecule has 0 heterocycles. The Balaban J connectivity index is 2.22. The standard InChI is InChI=1S/C8H12/c1-6-4-7-2-3-8(6)5-7/h7-8H,1-5H2/t7-,8-/m1/s1. The summed E-state index contributed by atoms with van der Waals surface area (Å²) in [5.41, 5.74) is 1.54. The Morgan fingerprint density at radius 3 is 2.50 bits per heavy atom. The van der Waals surface area contributed by atoms with Crippen molar-refractivity contribution in [1.29, 1.82) is 0 Å². The van der Waals surface area contributed by atoms with E-state index >= 15 is 0 Å². The predicted molar refractivity (Wildman–Crippen MR) is 34.6 cm³/mol. The Morgan fingerprint density at radius 1 is 1.38 bits per heavy atom. The fourth-order valence-electron chi connectivity index (χ4n) is 2.17. The average Bonchev–Trinajstić information content (AvgIpc) is 2.23. The van der Waals surface area contributed by atoms with E-state index in [0.717, 1.165) is 11.8 Å². The Morgan fingerprint density at radius 2 is 2.25 bits per heavy atom. The molecule has 2 atom stereocenters. The van der Waals surface area contributed by atoms with E-state index in [2.05, 4.69) is 6.58 Å². The summed E-state index contributed by atoms with van der Waals surface area (Å²) in [5, 5.41) is 0. The highest BCUT2D eigenvalue weighted by Gasteiger charge is 2.33. The molecular weight excluding hydrogens is 96.1 g/mol. The van der Waals surface area contributed by atoms with E-state index in [1.165, 1.54) is 25.7 Å². The van der Waals surface area contributed by atoms with Gasteiger partial charge in [-0.05, 0) is 37.5 Å². The molecule has 0 saturated heterocycles. The lowest BCUT2D eigenvalue weighted by Gasteiger charge is -2.09. The van der Waals surface area contributed by atoms with Crippen molar-refractivity contribution in [3.63, 3.8) is 0 Å². The highest BCUT2D eigenvalue weighted by atomic mass is 14.4. The third-order valence-electron chi connectivity index (χ3n) is 2.67. The van der Waals surface area contributed by atoms with Crippen molar-refractivity contribution < 1.29 is 0 Å². The van der Waals surface area contributed by atoms with Crippen molar-refractivity contribution in [2.24, 2.45) is 11.8 Å². The van der Waals surface area contributed by atoms with Crippen LogP contribution < -0.4 is 0 Å². The highest BCUT2D eigenvalue weighted by molar-refractivity contribution is 5.12. The maximum atomic E-state index is 4.04. The Hall–Kier alpha value is -0.260. The van der Waals surface area contributed by atoms with E-state index in [9.17, 15) is 0 Å². The summed E-state index contributed by atoms with van der Waals surface area (Å²) < 4.78 is 0. The second-order valence-corrected chi connectivity index (χ2v) is 3.24. The summed E-state index contributed by atoms with van der Waals surface area (Å²) in [6, 6.07) is 0. The minimum atomic E-state index is 0.944. The van der Waals surface area contributed by atoms with Crippen LogP contribution in [0.2, 0.25) is 0 Å². The number of hydrogen-bond donors (Lipinski definition) is 0. The van der Waals surface area contributed by atoms with Gasteiger partial charge >= 0.3 is 0 Å².